The lowest BCUT2D eigenvalue weighted by Gasteiger charge is -2.19. The number of aromatic nitrogens is 1. The molecule has 7 heteroatoms. The first-order valence-corrected chi connectivity index (χ1v) is 6.13. The van der Waals surface area contributed by atoms with Gasteiger partial charge in [-0.1, -0.05) is 0 Å². The summed E-state index contributed by atoms with van der Waals surface area (Å²) in [6.45, 7) is 1.52. The number of sulfonamides is 1. The molecule has 1 atom stereocenters. The fourth-order valence-electron chi connectivity index (χ4n) is 1.24. The van der Waals surface area contributed by atoms with Crippen molar-refractivity contribution in [1.82, 2.24) is 9.29 Å². The van der Waals surface area contributed by atoms with Crippen LogP contribution in [0.25, 0.3) is 0 Å². The van der Waals surface area contributed by atoms with Crippen molar-refractivity contribution in [2.45, 2.75) is 17.9 Å². The Morgan fingerprint density at radius 1 is 1.62 bits per heavy atom. The molecule has 1 heterocycles. The lowest BCUT2D eigenvalue weighted by molar-refractivity contribution is 0.171. The minimum Gasteiger partial charge on any atom is -0.398 e. The number of nitrogen functional groups attached to an aromatic ring is 1. The summed E-state index contributed by atoms with van der Waals surface area (Å²) in [7, 11) is -2.30. The standard InChI is InChI=1S/C9H15N3O3S/c1-7(13)6-12(2)16(14,15)9-5-11-4-3-8(9)10/h3-5,7,13H,6H2,1-2H3,(H2,10,11). The Morgan fingerprint density at radius 2 is 2.25 bits per heavy atom. The van der Waals surface area contributed by atoms with Gasteiger partial charge in [0, 0.05) is 26.0 Å². The zero-order valence-electron chi connectivity index (χ0n) is 9.16. The molecule has 0 spiro atoms. The first-order valence-electron chi connectivity index (χ1n) is 4.69. The van der Waals surface area contributed by atoms with E-state index in [0.717, 1.165) is 4.31 Å². The lowest BCUT2D eigenvalue weighted by Crippen LogP contribution is -2.33. The van der Waals surface area contributed by atoms with Crippen LogP contribution in [0.3, 0.4) is 0 Å². The summed E-state index contributed by atoms with van der Waals surface area (Å²) in [5, 5.41) is 9.15. The molecular weight excluding hydrogens is 230 g/mol. The molecule has 0 radical (unpaired) electrons. The quantitative estimate of drug-likeness (QED) is 0.756. The van der Waals surface area contributed by atoms with Crippen LogP contribution in [-0.4, -0.2) is 42.5 Å². The summed E-state index contributed by atoms with van der Waals surface area (Å²) < 4.78 is 25.0. The molecule has 0 saturated heterocycles. The molecule has 0 aliphatic heterocycles. The van der Waals surface area contributed by atoms with E-state index in [2.05, 4.69) is 4.98 Å². The fourth-order valence-corrected chi connectivity index (χ4v) is 2.55. The lowest BCUT2D eigenvalue weighted by atomic mass is 10.4. The van der Waals surface area contributed by atoms with Crippen molar-refractivity contribution >= 4 is 15.7 Å². The molecule has 0 aliphatic carbocycles. The number of anilines is 1. The van der Waals surface area contributed by atoms with Gasteiger partial charge < -0.3 is 10.8 Å². The predicted molar refractivity (Wildman–Crippen MR) is 60.1 cm³/mol. The van der Waals surface area contributed by atoms with Crippen LogP contribution < -0.4 is 5.73 Å². The first-order chi connectivity index (χ1) is 7.35. The molecule has 0 saturated carbocycles. The van der Waals surface area contributed by atoms with Crippen LogP contribution in [0.1, 0.15) is 6.92 Å². The number of nitrogens with zero attached hydrogens (tertiary/aromatic N) is 2. The smallest absolute Gasteiger partial charge is 0.246 e. The van der Waals surface area contributed by atoms with Gasteiger partial charge in [0.1, 0.15) is 4.90 Å². The van der Waals surface area contributed by atoms with E-state index < -0.39 is 16.1 Å². The van der Waals surface area contributed by atoms with Gasteiger partial charge in [0.25, 0.3) is 0 Å². The number of nitrogens with two attached hydrogens (primary N) is 1. The summed E-state index contributed by atoms with van der Waals surface area (Å²) in [5.41, 5.74) is 5.71. The number of rotatable bonds is 4. The summed E-state index contributed by atoms with van der Waals surface area (Å²) in [5.74, 6) is 0. The highest BCUT2D eigenvalue weighted by Gasteiger charge is 2.24. The Bertz CT molecular complexity index is 459. The summed E-state index contributed by atoms with van der Waals surface area (Å²) in [6.07, 6.45) is 1.88. The molecule has 0 fully saturated rings. The Kier molecular flexibility index (Phi) is 3.84. The van der Waals surface area contributed by atoms with Crippen molar-refractivity contribution in [3.63, 3.8) is 0 Å². The third-order valence-corrected chi connectivity index (χ3v) is 3.89. The third-order valence-electron chi connectivity index (χ3n) is 2.03. The predicted octanol–water partition coefficient (Wildman–Crippen LogP) is -0.335. The molecule has 1 unspecified atom stereocenters. The molecule has 90 valence electrons. The molecule has 1 aromatic heterocycles. The molecule has 6 nitrogen and oxygen atoms in total. The summed E-state index contributed by atoms with van der Waals surface area (Å²) in [4.78, 5) is 3.68. The maximum Gasteiger partial charge on any atom is 0.246 e. The highest BCUT2D eigenvalue weighted by molar-refractivity contribution is 7.89. The van der Waals surface area contributed by atoms with Crippen LogP contribution in [0.4, 0.5) is 5.69 Å². The highest BCUT2D eigenvalue weighted by atomic mass is 32.2. The molecule has 1 rings (SSSR count). The van der Waals surface area contributed by atoms with Gasteiger partial charge in [0.15, 0.2) is 0 Å². The Balaban J connectivity index is 3.08. The van der Waals surface area contributed by atoms with Gasteiger partial charge in [0.05, 0.1) is 11.8 Å². The van der Waals surface area contributed by atoms with Crippen LogP contribution in [0.5, 0.6) is 0 Å². The van der Waals surface area contributed by atoms with Gasteiger partial charge in [0.2, 0.25) is 10.0 Å². The fraction of sp³-hybridized carbons (Fsp3) is 0.444. The second-order valence-electron chi connectivity index (χ2n) is 3.55. The first kappa shape index (κ1) is 12.9. The van der Waals surface area contributed by atoms with E-state index in [4.69, 9.17) is 10.8 Å². The number of aliphatic hydroxyl groups is 1. The number of hydrogen-bond donors (Lipinski definition) is 2. The van der Waals surface area contributed by atoms with E-state index >= 15 is 0 Å². The summed E-state index contributed by atoms with van der Waals surface area (Å²) >= 11 is 0. The number of aliphatic hydroxyl groups excluding tert-OH is 1. The van der Waals surface area contributed by atoms with E-state index in [-0.39, 0.29) is 17.1 Å². The van der Waals surface area contributed by atoms with Crippen LogP contribution in [0.2, 0.25) is 0 Å². The van der Waals surface area contributed by atoms with Gasteiger partial charge in [-0.05, 0) is 13.0 Å². The number of likely N-dealkylation sites (N-methyl/N-ethyl adjacent to an activating group) is 1. The van der Waals surface area contributed by atoms with Gasteiger partial charge in [-0.2, -0.15) is 4.31 Å². The van der Waals surface area contributed by atoms with Gasteiger partial charge in [-0.3, -0.25) is 4.98 Å². The molecule has 3 N–H and O–H groups in total. The minimum atomic E-state index is -3.68. The molecule has 0 aromatic carbocycles. The molecular formula is C9H15N3O3S. The van der Waals surface area contributed by atoms with Crippen molar-refractivity contribution in [1.29, 1.82) is 0 Å². The number of pyridine rings is 1. The molecule has 16 heavy (non-hydrogen) atoms. The van der Waals surface area contributed by atoms with Gasteiger partial charge in [-0.25, -0.2) is 8.42 Å². The monoisotopic (exact) mass is 245 g/mol. The average molecular weight is 245 g/mol. The van der Waals surface area contributed by atoms with Crippen LogP contribution in [-0.2, 0) is 10.0 Å². The van der Waals surface area contributed by atoms with Crippen molar-refractivity contribution in [3.05, 3.63) is 18.5 Å². The van der Waals surface area contributed by atoms with E-state index in [9.17, 15) is 8.42 Å². The van der Waals surface area contributed by atoms with E-state index in [1.165, 1.54) is 32.4 Å². The topological polar surface area (TPSA) is 96.5 Å². The van der Waals surface area contributed by atoms with Crippen molar-refractivity contribution in [3.8, 4) is 0 Å². The second-order valence-corrected chi connectivity index (χ2v) is 5.56. The molecule has 0 bridgehead atoms. The molecule has 1 aromatic rings. The highest BCUT2D eigenvalue weighted by Crippen LogP contribution is 2.19. The van der Waals surface area contributed by atoms with Crippen LogP contribution in [0, 0.1) is 0 Å². The van der Waals surface area contributed by atoms with Gasteiger partial charge >= 0.3 is 0 Å². The minimum absolute atomic E-state index is 0.0106. The second kappa shape index (κ2) is 4.77. The molecule has 0 aliphatic rings. The number of hydrogen-bond acceptors (Lipinski definition) is 5. The van der Waals surface area contributed by atoms with E-state index in [1.807, 2.05) is 0 Å². The van der Waals surface area contributed by atoms with Crippen LogP contribution in [0.15, 0.2) is 23.4 Å². The van der Waals surface area contributed by atoms with Crippen molar-refractivity contribution < 1.29 is 13.5 Å². The van der Waals surface area contributed by atoms with E-state index in [0.29, 0.717) is 0 Å². The zero-order chi connectivity index (χ0) is 12.3. The van der Waals surface area contributed by atoms with Gasteiger partial charge in [-0.15, -0.1) is 0 Å². The SMILES string of the molecule is CC(O)CN(C)S(=O)(=O)c1cnccc1N. The Morgan fingerprint density at radius 3 is 2.75 bits per heavy atom. The van der Waals surface area contributed by atoms with E-state index in [1.54, 1.807) is 0 Å². The normalized spacial score (nSPS) is 14.0. The summed E-state index contributed by atoms with van der Waals surface area (Å²) in [6, 6.07) is 1.42. The largest absolute Gasteiger partial charge is 0.398 e. The molecule has 0 amide bonds. The average Bonchev–Trinajstić information content (AvgIpc) is 2.16. The Hall–Kier alpha value is -1.18. The Labute approximate surface area is 94.8 Å². The third kappa shape index (κ3) is 2.69. The van der Waals surface area contributed by atoms with Crippen molar-refractivity contribution in [2.75, 3.05) is 19.3 Å². The zero-order valence-corrected chi connectivity index (χ0v) is 9.98. The van der Waals surface area contributed by atoms with Crippen LogP contribution >= 0.6 is 0 Å². The van der Waals surface area contributed by atoms with Crippen molar-refractivity contribution in [2.24, 2.45) is 0 Å². The maximum absolute atomic E-state index is 12.0. The maximum atomic E-state index is 12.0.